The molecule has 31 heavy (non-hydrogen) atoms. The van der Waals surface area contributed by atoms with Gasteiger partial charge in [0.05, 0.1) is 25.4 Å². The lowest BCUT2D eigenvalue weighted by Crippen LogP contribution is -2.47. The third-order valence-electron chi connectivity index (χ3n) is 7.67. The monoisotopic (exact) mass is 427 g/mol. The van der Waals surface area contributed by atoms with Crippen LogP contribution in [0.3, 0.4) is 0 Å². The Morgan fingerprint density at radius 2 is 1.42 bits per heavy atom. The topological polar surface area (TPSA) is 45.2 Å². The van der Waals surface area contributed by atoms with E-state index in [0.29, 0.717) is 38.5 Å². The fourth-order valence-corrected chi connectivity index (χ4v) is 5.41. The van der Waals surface area contributed by atoms with Crippen LogP contribution < -0.4 is 4.90 Å². The fourth-order valence-electron chi connectivity index (χ4n) is 5.41. The summed E-state index contributed by atoms with van der Waals surface area (Å²) in [7, 11) is 0. The van der Waals surface area contributed by atoms with Crippen molar-refractivity contribution in [1.29, 1.82) is 0 Å². The second kappa shape index (κ2) is 9.88. The zero-order valence-corrected chi connectivity index (χ0v) is 18.7. The van der Waals surface area contributed by atoms with E-state index in [9.17, 15) is 4.79 Å². The first-order chi connectivity index (χ1) is 15.3. The van der Waals surface area contributed by atoms with Crippen molar-refractivity contribution in [1.82, 2.24) is 9.80 Å². The number of rotatable bonds is 5. The Morgan fingerprint density at radius 3 is 2.00 bits per heavy atom. The van der Waals surface area contributed by atoms with Crippen molar-refractivity contribution in [3.8, 4) is 0 Å². The summed E-state index contributed by atoms with van der Waals surface area (Å²) in [6.07, 6.45) is 9.70. The Morgan fingerprint density at radius 1 is 0.806 bits per heavy atom. The summed E-state index contributed by atoms with van der Waals surface area (Å²) >= 11 is 0. The molecule has 170 valence electrons. The zero-order chi connectivity index (χ0) is 21.0. The summed E-state index contributed by atoms with van der Waals surface area (Å²) in [5, 5.41) is 0. The second-order valence-corrected chi connectivity index (χ2v) is 9.59. The van der Waals surface area contributed by atoms with Crippen molar-refractivity contribution in [2.24, 2.45) is 0 Å². The minimum atomic E-state index is 0.116. The van der Waals surface area contributed by atoms with E-state index in [0.717, 1.165) is 37.5 Å². The summed E-state index contributed by atoms with van der Waals surface area (Å²) in [6, 6.07) is 9.03. The van der Waals surface area contributed by atoms with Crippen molar-refractivity contribution in [2.45, 2.75) is 63.2 Å². The molecule has 6 nitrogen and oxygen atoms in total. The van der Waals surface area contributed by atoms with E-state index in [-0.39, 0.29) is 5.91 Å². The molecule has 4 aliphatic rings. The molecule has 0 atom stereocenters. The molecule has 1 saturated carbocycles. The Labute approximate surface area is 186 Å². The third kappa shape index (κ3) is 5.07. The zero-order valence-electron chi connectivity index (χ0n) is 18.7. The van der Waals surface area contributed by atoms with E-state index < -0.39 is 0 Å². The van der Waals surface area contributed by atoms with Gasteiger partial charge in [-0.2, -0.15) is 0 Å². The highest BCUT2D eigenvalue weighted by molar-refractivity contribution is 5.94. The van der Waals surface area contributed by atoms with Crippen LogP contribution in [0.2, 0.25) is 0 Å². The van der Waals surface area contributed by atoms with E-state index in [4.69, 9.17) is 9.47 Å². The number of ether oxygens (including phenoxy) is 2. The van der Waals surface area contributed by atoms with E-state index in [1.807, 2.05) is 17.0 Å². The summed E-state index contributed by atoms with van der Waals surface area (Å²) in [5.41, 5.74) is 1.99. The summed E-state index contributed by atoms with van der Waals surface area (Å²) < 4.78 is 11.8. The van der Waals surface area contributed by atoms with Gasteiger partial charge in [-0.05, 0) is 62.8 Å². The van der Waals surface area contributed by atoms with E-state index in [2.05, 4.69) is 21.9 Å². The quantitative estimate of drug-likeness (QED) is 0.722. The highest BCUT2D eigenvalue weighted by atomic mass is 16.5. The molecule has 0 unspecified atom stereocenters. The first kappa shape index (κ1) is 21.2. The molecule has 0 N–H and O–H groups in total. The predicted octanol–water partition coefficient (Wildman–Crippen LogP) is 3.16. The number of nitrogens with zero attached hydrogens (tertiary/aromatic N) is 3. The highest BCUT2D eigenvalue weighted by Gasteiger charge is 2.31. The SMILES string of the molecule is O=C(c1ccc(N2CCC(OC3CCN(C4CCC4)CC3)CC2)cc1)N1CCOCC1. The molecule has 0 bridgehead atoms. The number of likely N-dealkylation sites (tertiary alicyclic amines) is 1. The molecule has 1 amide bonds. The number of amides is 1. The van der Waals surface area contributed by atoms with Gasteiger partial charge in [-0.1, -0.05) is 6.42 Å². The molecule has 0 aromatic heterocycles. The van der Waals surface area contributed by atoms with Gasteiger partial charge in [-0.25, -0.2) is 0 Å². The molecule has 3 aliphatic heterocycles. The number of piperidine rings is 2. The first-order valence-corrected chi connectivity index (χ1v) is 12.4. The Hall–Kier alpha value is -1.63. The van der Waals surface area contributed by atoms with Gasteiger partial charge in [-0.3, -0.25) is 4.79 Å². The second-order valence-electron chi connectivity index (χ2n) is 9.59. The van der Waals surface area contributed by atoms with Gasteiger partial charge in [-0.15, -0.1) is 0 Å². The maximum atomic E-state index is 12.6. The van der Waals surface area contributed by atoms with Gasteiger partial charge in [0.2, 0.25) is 0 Å². The van der Waals surface area contributed by atoms with Gasteiger partial charge in [0.1, 0.15) is 0 Å². The van der Waals surface area contributed by atoms with Crippen LogP contribution in [-0.2, 0) is 9.47 Å². The molecular weight excluding hydrogens is 390 g/mol. The van der Waals surface area contributed by atoms with E-state index in [1.165, 1.54) is 50.9 Å². The lowest BCUT2D eigenvalue weighted by atomic mass is 9.89. The van der Waals surface area contributed by atoms with Crippen LogP contribution in [-0.4, -0.2) is 86.4 Å². The number of carbonyl (C=O) groups excluding carboxylic acids is 1. The molecule has 6 heteroatoms. The van der Waals surface area contributed by atoms with Crippen molar-refractivity contribution in [2.75, 3.05) is 57.4 Å². The minimum Gasteiger partial charge on any atom is -0.378 e. The number of carbonyl (C=O) groups is 1. The lowest BCUT2D eigenvalue weighted by molar-refractivity contribution is -0.0598. The molecule has 4 fully saturated rings. The molecule has 1 aromatic rings. The van der Waals surface area contributed by atoms with Crippen LogP contribution in [0.5, 0.6) is 0 Å². The van der Waals surface area contributed by atoms with Crippen molar-refractivity contribution in [3.63, 3.8) is 0 Å². The molecule has 3 heterocycles. The smallest absolute Gasteiger partial charge is 0.254 e. The largest absolute Gasteiger partial charge is 0.378 e. The Kier molecular flexibility index (Phi) is 6.77. The molecule has 0 radical (unpaired) electrons. The summed E-state index contributed by atoms with van der Waals surface area (Å²) in [6.45, 7) is 7.17. The standard InChI is InChI=1S/C25H37N3O3/c29-25(28-16-18-30-19-17-28)20-4-6-22(7-5-20)27-14-10-24(11-15-27)31-23-8-12-26(13-9-23)21-2-1-3-21/h4-7,21,23-24H,1-3,8-19H2. The predicted molar refractivity (Wildman–Crippen MR) is 122 cm³/mol. The summed E-state index contributed by atoms with van der Waals surface area (Å²) in [5.74, 6) is 0.116. The maximum absolute atomic E-state index is 12.6. The molecule has 0 spiro atoms. The number of morpholine rings is 1. The van der Waals surface area contributed by atoms with E-state index in [1.54, 1.807) is 0 Å². The fraction of sp³-hybridized carbons (Fsp3) is 0.720. The molecular formula is C25H37N3O3. The van der Waals surface area contributed by atoms with Gasteiger partial charge in [0, 0.05) is 56.6 Å². The van der Waals surface area contributed by atoms with Crippen LogP contribution in [0.1, 0.15) is 55.3 Å². The Balaban J connectivity index is 1.06. The number of anilines is 1. The highest BCUT2D eigenvalue weighted by Crippen LogP contribution is 2.29. The molecule has 5 rings (SSSR count). The molecule has 1 aromatic carbocycles. The van der Waals surface area contributed by atoms with Gasteiger partial charge < -0.3 is 24.2 Å². The Bertz CT molecular complexity index is 714. The number of hydrogen-bond donors (Lipinski definition) is 0. The molecule has 3 saturated heterocycles. The van der Waals surface area contributed by atoms with Crippen LogP contribution in [0.4, 0.5) is 5.69 Å². The van der Waals surface area contributed by atoms with Gasteiger partial charge in [0.25, 0.3) is 5.91 Å². The molecule has 1 aliphatic carbocycles. The number of hydrogen-bond acceptors (Lipinski definition) is 5. The van der Waals surface area contributed by atoms with Gasteiger partial charge in [0.15, 0.2) is 0 Å². The van der Waals surface area contributed by atoms with Gasteiger partial charge >= 0.3 is 0 Å². The van der Waals surface area contributed by atoms with Crippen molar-refractivity contribution < 1.29 is 14.3 Å². The van der Waals surface area contributed by atoms with Crippen molar-refractivity contribution in [3.05, 3.63) is 29.8 Å². The number of benzene rings is 1. The maximum Gasteiger partial charge on any atom is 0.254 e. The van der Waals surface area contributed by atoms with Crippen LogP contribution in [0.25, 0.3) is 0 Å². The normalized spacial score (nSPS) is 24.9. The third-order valence-corrected chi connectivity index (χ3v) is 7.67. The van der Waals surface area contributed by atoms with Crippen LogP contribution in [0.15, 0.2) is 24.3 Å². The minimum absolute atomic E-state index is 0.116. The first-order valence-electron chi connectivity index (χ1n) is 12.4. The average molecular weight is 428 g/mol. The van der Waals surface area contributed by atoms with Crippen LogP contribution in [0, 0.1) is 0 Å². The lowest BCUT2D eigenvalue weighted by Gasteiger charge is -2.43. The van der Waals surface area contributed by atoms with Crippen LogP contribution >= 0.6 is 0 Å². The van der Waals surface area contributed by atoms with E-state index >= 15 is 0 Å². The summed E-state index contributed by atoms with van der Waals surface area (Å²) in [4.78, 5) is 19.6. The van der Waals surface area contributed by atoms with Crippen molar-refractivity contribution >= 4 is 11.6 Å². The average Bonchev–Trinajstić information content (AvgIpc) is 2.80.